The maximum atomic E-state index is 11.4. The summed E-state index contributed by atoms with van der Waals surface area (Å²) in [6.07, 6.45) is 0.946. The van der Waals surface area contributed by atoms with Gasteiger partial charge in [-0.3, -0.25) is 10.1 Å². The van der Waals surface area contributed by atoms with Gasteiger partial charge in [0.15, 0.2) is 0 Å². The van der Waals surface area contributed by atoms with Gasteiger partial charge in [-0.2, -0.15) is 0 Å². The Hall–Kier alpha value is -1.85. The first-order valence-electron chi connectivity index (χ1n) is 6.92. The molecule has 0 saturated heterocycles. The fourth-order valence-corrected chi connectivity index (χ4v) is 2.60. The predicted molar refractivity (Wildman–Crippen MR) is 83.8 cm³/mol. The molecule has 0 spiro atoms. The van der Waals surface area contributed by atoms with E-state index in [0.29, 0.717) is 13.2 Å². The number of ether oxygens (including phenoxy) is 1. The lowest BCUT2D eigenvalue weighted by molar-refractivity contribution is -0.139. The van der Waals surface area contributed by atoms with Crippen LogP contribution in [0.15, 0.2) is 41.8 Å². The Labute approximate surface area is 128 Å². The summed E-state index contributed by atoms with van der Waals surface area (Å²) in [7, 11) is 0. The average Bonchev–Trinajstić information content (AvgIpc) is 2.99. The Bertz CT molecular complexity index is 551. The van der Waals surface area contributed by atoms with Gasteiger partial charge in [0.2, 0.25) is 0 Å². The van der Waals surface area contributed by atoms with E-state index in [4.69, 9.17) is 4.74 Å². The molecule has 0 amide bonds. The molecule has 2 aromatic rings. The number of hydrogen-bond donors (Lipinski definition) is 2. The lowest BCUT2D eigenvalue weighted by atomic mass is 10.1. The summed E-state index contributed by atoms with van der Waals surface area (Å²) in [5.74, 6) is -0.114. The smallest absolute Gasteiger partial charge is 0.325 e. The Kier molecular flexibility index (Phi) is 5.78. The molecule has 1 heterocycles. The first-order valence-corrected chi connectivity index (χ1v) is 7.80. The summed E-state index contributed by atoms with van der Waals surface area (Å²) < 4.78 is 5.50. The van der Waals surface area contributed by atoms with Crippen LogP contribution in [0.2, 0.25) is 0 Å². The van der Waals surface area contributed by atoms with Gasteiger partial charge >= 0.3 is 5.97 Å². The molecular formula is C16H19NO3S. The first-order chi connectivity index (χ1) is 10.2. The highest BCUT2D eigenvalue weighted by Gasteiger charge is 2.19. The van der Waals surface area contributed by atoms with E-state index in [1.54, 1.807) is 23.5 Å². The molecular weight excluding hydrogens is 286 g/mol. The van der Waals surface area contributed by atoms with Gasteiger partial charge < -0.3 is 9.84 Å². The van der Waals surface area contributed by atoms with E-state index in [2.05, 4.69) is 5.32 Å². The van der Waals surface area contributed by atoms with Gasteiger partial charge in [-0.05, 0) is 35.6 Å². The second-order valence-corrected chi connectivity index (χ2v) is 5.68. The molecule has 0 radical (unpaired) electrons. The molecule has 1 unspecified atom stereocenters. The van der Waals surface area contributed by atoms with Crippen LogP contribution in [0.25, 0.3) is 0 Å². The Balaban J connectivity index is 2.01. The van der Waals surface area contributed by atoms with Crippen molar-refractivity contribution >= 4 is 17.3 Å². The fraction of sp³-hybridized carbons (Fsp3) is 0.312. The standard InChI is InChI=1S/C16H19NO3S/c1-2-9-20-13-7-5-12(6-8-13)15(16(18)19)17-11-14-4-3-10-21-14/h3-8,10,15,17H,2,9,11H2,1H3,(H,18,19). The summed E-state index contributed by atoms with van der Waals surface area (Å²) >= 11 is 1.61. The zero-order chi connectivity index (χ0) is 15.1. The Morgan fingerprint density at radius 3 is 2.67 bits per heavy atom. The van der Waals surface area contributed by atoms with E-state index >= 15 is 0 Å². The van der Waals surface area contributed by atoms with Crippen molar-refractivity contribution in [1.29, 1.82) is 0 Å². The van der Waals surface area contributed by atoms with Gasteiger partial charge in [0.25, 0.3) is 0 Å². The predicted octanol–water partition coefficient (Wildman–Crippen LogP) is 3.45. The van der Waals surface area contributed by atoms with Crippen molar-refractivity contribution in [3.8, 4) is 5.75 Å². The summed E-state index contributed by atoms with van der Waals surface area (Å²) in [5, 5.41) is 14.4. The van der Waals surface area contributed by atoms with E-state index in [9.17, 15) is 9.90 Å². The number of carboxylic acids is 1. The van der Waals surface area contributed by atoms with Gasteiger partial charge in [-0.1, -0.05) is 25.1 Å². The third-order valence-corrected chi connectivity index (χ3v) is 3.87. The van der Waals surface area contributed by atoms with Gasteiger partial charge in [0.05, 0.1) is 6.61 Å². The maximum absolute atomic E-state index is 11.4. The highest BCUT2D eigenvalue weighted by atomic mass is 32.1. The molecule has 21 heavy (non-hydrogen) atoms. The van der Waals surface area contributed by atoms with Crippen molar-refractivity contribution < 1.29 is 14.6 Å². The number of thiophene rings is 1. The molecule has 112 valence electrons. The minimum absolute atomic E-state index is 0.544. The number of hydrogen-bond acceptors (Lipinski definition) is 4. The fourth-order valence-electron chi connectivity index (χ4n) is 1.94. The number of benzene rings is 1. The molecule has 4 nitrogen and oxygen atoms in total. The minimum Gasteiger partial charge on any atom is -0.494 e. The topological polar surface area (TPSA) is 58.6 Å². The Morgan fingerprint density at radius 2 is 2.10 bits per heavy atom. The molecule has 2 rings (SSSR count). The highest BCUT2D eigenvalue weighted by molar-refractivity contribution is 7.09. The summed E-state index contributed by atoms with van der Waals surface area (Å²) in [6, 6.07) is 10.4. The van der Waals surface area contributed by atoms with Crippen LogP contribution >= 0.6 is 11.3 Å². The van der Waals surface area contributed by atoms with Crippen LogP contribution in [0.4, 0.5) is 0 Å². The van der Waals surface area contributed by atoms with E-state index in [-0.39, 0.29) is 0 Å². The van der Waals surface area contributed by atoms with Crippen molar-refractivity contribution in [3.05, 3.63) is 52.2 Å². The third-order valence-electron chi connectivity index (χ3n) is 2.99. The number of carboxylic acid groups (broad SMARTS) is 1. The average molecular weight is 305 g/mol. The Morgan fingerprint density at radius 1 is 1.33 bits per heavy atom. The van der Waals surface area contributed by atoms with E-state index in [1.807, 2.05) is 36.6 Å². The summed E-state index contributed by atoms with van der Waals surface area (Å²) in [6.45, 7) is 3.25. The zero-order valence-corrected chi connectivity index (χ0v) is 12.7. The number of aliphatic carboxylic acids is 1. The highest BCUT2D eigenvalue weighted by Crippen LogP contribution is 2.19. The monoisotopic (exact) mass is 305 g/mol. The molecule has 0 fully saturated rings. The van der Waals surface area contributed by atoms with Crippen molar-refractivity contribution in [1.82, 2.24) is 5.32 Å². The van der Waals surface area contributed by atoms with Crippen LogP contribution in [0.5, 0.6) is 5.75 Å². The largest absolute Gasteiger partial charge is 0.494 e. The molecule has 0 aliphatic rings. The van der Waals surface area contributed by atoms with Crippen LogP contribution in [0.3, 0.4) is 0 Å². The SMILES string of the molecule is CCCOc1ccc(C(NCc2cccs2)C(=O)O)cc1. The third kappa shape index (κ3) is 4.58. The second kappa shape index (κ2) is 7.81. The van der Waals surface area contributed by atoms with Gasteiger partial charge in [-0.15, -0.1) is 11.3 Å². The lowest BCUT2D eigenvalue weighted by Gasteiger charge is -2.15. The molecule has 0 aliphatic carbocycles. The second-order valence-electron chi connectivity index (χ2n) is 4.65. The van der Waals surface area contributed by atoms with Gasteiger partial charge in [0.1, 0.15) is 11.8 Å². The molecule has 1 aromatic heterocycles. The molecule has 2 N–H and O–H groups in total. The summed E-state index contributed by atoms with van der Waals surface area (Å²) in [4.78, 5) is 12.5. The van der Waals surface area contributed by atoms with E-state index in [0.717, 1.165) is 22.6 Å². The van der Waals surface area contributed by atoms with Crippen molar-refractivity contribution in [2.45, 2.75) is 25.9 Å². The van der Waals surface area contributed by atoms with Crippen LogP contribution in [-0.4, -0.2) is 17.7 Å². The van der Waals surface area contributed by atoms with Crippen LogP contribution in [0.1, 0.15) is 29.8 Å². The molecule has 5 heteroatoms. The number of rotatable bonds is 8. The van der Waals surface area contributed by atoms with Gasteiger partial charge in [0, 0.05) is 11.4 Å². The van der Waals surface area contributed by atoms with Crippen LogP contribution in [-0.2, 0) is 11.3 Å². The minimum atomic E-state index is -0.881. The lowest BCUT2D eigenvalue weighted by Crippen LogP contribution is -2.27. The van der Waals surface area contributed by atoms with Crippen LogP contribution < -0.4 is 10.1 Å². The van der Waals surface area contributed by atoms with Crippen LogP contribution in [0, 0.1) is 0 Å². The maximum Gasteiger partial charge on any atom is 0.325 e. The summed E-state index contributed by atoms with van der Waals surface area (Å²) in [5.41, 5.74) is 0.725. The number of carbonyl (C=O) groups is 1. The van der Waals surface area contributed by atoms with Crippen molar-refractivity contribution in [2.24, 2.45) is 0 Å². The van der Waals surface area contributed by atoms with E-state index in [1.165, 1.54) is 0 Å². The molecule has 1 aromatic carbocycles. The van der Waals surface area contributed by atoms with Crippen molar-refractivity contribution in [3.63, 3.8) is 0 Å². The first kappa shape index (κ1) is 15.5. The molecule has 0 aliphatic heterocycles. The van der Waals surface area contributed by atoms with Gasteiger partial charge in [-0.25, -0.2) is 0 Å². The zero-order valence-electron chi connectivity index (χ0n) is 11.9. The van der Waals surface area contributed by atoms with E-state index < -0.39 is 12.0 Å². The number of nitrogens with one attached hydrogen (secondary N) is 1. The molecule has 0 saturated carbocycles. The molecule has 0 bridgehead atoms. The molecule has 1 atom stereocenters. The normalized spacial score (nSPS) is 12.0. The quantitative estimate of drug-likeness (QED) is 0.784. The van der Waals surface area contributed by atoms with Crippen molar-refractivity contribution in [2.75, 3.05) is 6.61 Å².